The highest BCUT2D eigenvalue weighted by atomic mass is 32.2. The van der Waals surface area contributed by atoms with Gasteiger partial charge in [-0.25, -0.2) is 8.42 Å². The van der Waals surface area contributed by atoms with Crippen molar-refractivity contribution in [1.29, 1.82) is 0 Å². The van der Waals surface area contributed by atoms with Crippen LogP contribution in [0.1, 0.15) is 35.2 Å². The minimum atomic E-state index is -4.16. The molecule has 13 heteroatoms. The third kappa shape index (κ3) is 5.88. The van der Waals surface area contributed by atoms with Crippen LogP contribution in [0.5, 0.6) is 5.75 Å². The van der Waals surface area contributed by atoms with Crippen LogP contribution in [0.25, 0.3) is 0 Å². The van der Waals surface area contributed by atoms with Crippen LogP contribution in [0.4, 0.5) is 11.4 Å². The highest BCUT2D eigenvalue weighted by Crippen LogP contribution is 2.45. The van der Waals surface area contributed by atoms with Gasteiger partial charge in [0.2, 0.25) is 0 Å². The Bertz CT molecular complexity index is 1530. The maximum atomic E-state index is 13.1. The topological polar surface area (TPSA) is 182 Å². The van der Waals surface area contributed by atoms with Crippen LogP contribution < -0.4 is 14.8 Å². The van der Waals surface area contributed by atoms with Gasteiger partial charge in [-0.05, 0) is 54.8 Å². The van der Waals surface area contributed by atoms with E-state index in [1.165, 1.54) is 60.7 Å². The number of carboxylic acid groups (broad SMARTS) is 1. The zero-order valence-electron chi connectivity index (χ0n) is 20.3. The van der Waals surface area contributed by atoms with Gasteiger partial charge in [0.1, 0.15) is 12.3 Å². The predicted molar refractivity (Wildman–Crippen MR) is 138 cm³/mol. The summed E-state index contributed by atoms with van der Waals surface area (Å²) in [6.07, 6.45) is 1.81. The number of ether oxygens (including phenoxy) is 1. The van der Waals surface area contributed by atoms with Gasteiger partial charge in [-0.3, -0.25) is 29.2 Å². The van der Waals surface area contributed by atoms with E-state index in [1.54, 1.807) is 12.1 Å². The second-order valence-electron chi connectivity index (χ2n) is 8.83. The van der Waals surface area contributed by atoms with Gasteiger partial charge < -0.3 is 15.2 Å². The van der Waals surface area contributed by atoms with Crippen LogP contribution in [0, 0.1) is 10.1 Å². The maximum Gasteiger partial charge on any atom is 0.322 e. The van der Waals surface area contributed by atoms with Crippen molar-refractivity contribution in [3.8, 4) is 5.75 Å². The Balaban J connectivity index is 1.48. The molecular weight excluding hydrogens is 530 g/mol. The summed E-state index contributed by atoms with van der Waals surface area (Å²) in [7, 11) is -4.16. The van der Waals surface area contributed by atoms with E-state index >= 15 is 0 Å². The Hall–Kier alpha value is -4.78. The van der Waals surface area contributed by atoms with E-state index in [0.29, 0.717) is 18.4 Å². The number of sulfonamides is 1. The predicted octanol–water partition coefficient (Wildman–Crippen LogP) is 3.24. The van der Waals surface area contributed by atoms with Crippen molar-refractivity contribution < 1.29 is 37.6 Å². The van der Waals surface area contributed by atoms with E-state index in [9.17, 15) is 32.9 Å². The van der Waals surface area contributed by atoms with Crippen LogP contribution in [0.15, 0.2) is 77.7 Å². The quantitative estimate of drug-likeness (QED) is 0.147. The van der Waals surface area contributed by atoms with Crippen molar-refractivity contribution in [2.75, 3.05) is 11.3 Å². The average Bonchev–Trinajstić information content (AvgIpc) is 2.87. The van der Waals surface area contributed by atoms with Gasteiger partial charge >= 0.3 is 11.9 Å². The number of nitrogens with one attached hydrogen (secondary N) is 2. The van der Waals surface area contributed by atoms with Gasteiger partial charge in [0.15, 0.2) is 0 Å². The number of anilines is 1. The number of benzene rings is 3. The molecule has 0 spiro atoms. The third-order valence-electron chi connectivity index (χ3n) is 6.39. The molecule has 0 radical (unpaired) electrons. The van der Waals surface area contributed by atoms with Gasteiger partial charge in [0.25, 0.3) is 21.6 Å². The number of para-hydroxylation sites is 1. The number of aliphatic carboxylic acids is 1. The molecule has 0 saturated heterocycles. The highest BCUT2D eigenvalue weighted by molar-refractivity contribution is 7.92. The average molecular weight is 554 g/mol. The molecule has 4 rings (SSSR count). The number of carboxylic acids is 1. The minimum absolute atomic E-state index is 0.0501. The van der Waals surface area contributed by atoms with E-state index in [-0.39, 0.29) is 27.6 Å². The summed E-state index contributed by atoms with van der Waals surface area (Å²) in [6, 6.07) is 16.6. The second kappa shape index (κ2) is 10.9. The van der Waals surface area contributed by atoms with Gasteiger partial charge in [-0.2, -0.15) is 0 Å². The largest absolute Gasteiger partial charge is 0.480 e. The molecule has 0 heterocycles. The molecule has 1 fully saturated rings. The summed E-state index contributed by atoms with van der Waals surface area (Å²) in [4.78, 5) is 46.4. The summed E-state index contributed by atoms with van der Waals surface area (Å²) >= 11 is 0. The second-order valence-corrected chi connectivity index (χ2v) is 10.5. The van der Waals surface area contributed by atoms with Crippen LogP contribution in [-0.4, -0.2) is 42.8 Å². The summed E-state index contributed by atoms with van der Waals surface area (Å²) < 4.78 is 33.8. The third-order valence-corrected chi connectivity index (χ3v) is 7.77. The Kier molecular flexibility index (Phi) is 7.63. The lowest BCUT2D eigenvalue weighted by Crippen LogP contribution is -2.45. The van der Waals surface area contributed by atoms with Crippen LogP contribution in [0.2, 0.25) is 0 Å². The van der Waals surface area contributed by atoms with E-state index in [0.717, 1.165) is 6.42 Å². The van der Waals surface area contributed by atoms with Crippen molar-refractivity contribution in [1.82, 2.24) is 5.32 Å². The molecule has 1 aliphatic rings. The van der Waals surface area contributed by atoms with Gasteiger partial charge in [-0.1, -0.05) is 30.7 Å². The smallest absolute Gasteiger partial charge is 0.322 e. The number of carbonyl (C=O) groups is 3. The number of carbonyl (C=O) groups excluding carboxylic acids is 2. The number of nitro benzene ring substituents is 1. The molecule has 3 aromatic carbocycles. The summed E-state index contributed by atoms with van der Waals surface area (Å²) in [5, 5.41) is 21.9. The Morgan fingerprint density at radius 1 is 0.974 bits per heavy atom. The number of esters is 1. The Labute approximate surface area is 222 Å². The van der Waals surface area contributed by atoms with Crippen molar-refractivity contribution >= 4 is 39.2 Å². The van der Waals surface area contributed by atoms with Crippen molar-refractivity contribution in [2.45, 2.75) is 29.6 Å². The molecule has 0 aliphatic heterocycles. The molecular formula is C26H23N3O9S. The lowest BCUT2D eigenvalue weighted by molar-refractivity contribution is -0.384. The Morgan fingerprint density at radius 2 is 1.62 bits per heavy atom. The standard InChI is InChI=1S/C26H23N3O9S/c30-23(31)16-27-24(32)21-4-1-2-5-22(21)28-39(36,37)20-12-10-19(11-13-20)38-25(33)26(14-3-15-26)17-6-8-18(9-7-17)29(34)35/h1-2,4-13,28H,3,14-16H2,(H,27,32)(H,30,31). The van der Waals surface area contributed by atoms with E-state index in [2.05, 4.69) is 10.0 Å². The lowest BCUT2D eigenvalue weighted by Gasteiger charge is -2.39. The molecule has 3 aromatic rings. The van der Waals surface area contributed by atoms with E-state index < -0.39 is 44.8 Å². The molecule has 0 unspecified atom stereocenters. The number of nitrogens with zero attached hydrogens (tertiary/aromatic N) is 1. The van der Waals surface area contributed by atoms with Gasteiger partial charge in [0.05, 0.1) is 26.5 Å². The Morgan fingerprint density at radius 3 is 2.18 bits per heavy atom. The minimum Gasteiger partial charge on any atom is -0.480 e. The fraction of sp³-hybridized carbons (Fsp3) is 0.192. The first kappa shape index (κ1) is 27.3. The SMILES string of the molecule is O=C(O)CNC(=O)c1ccccc1NS(=O)(=O)c1ccc(OC(=O)C2(c3ccc([N+](=O)[O-])cc3)CCC2)cc1. The number of non-ortho nitro benzene ring substituents is 1. The molecule has 1 amide bonds. The fourth-order valence-corrected chi connectivity index (χ4v) is 5.24. The first-order valence-corrected chi connectivity index (χ1v) is 13.2. The number of amides is 1. The first-order chi connectivity index (χ1) is 18.5. The maximum absolute atomic E-state index is 13.1. The summed E-state index contributed by atoms with van der Waals surface area (Å²) in [5.41, 5.74) is -0.531. The van der Waals surface area contributed by atoms with Gasteiger partial charge in [0, 0.05) is 12.1 Å². The highest BCUT2D eigenvalue weighted by Gasteiger charge is 2.47. The molecule has 1 aliphatic carbocycles. The zero-order chi connectivity index (χ0) is 28.2. The number of nitro groups is 1. The number of hydrogen-bond donors (Lipinski definition) is 3. The molecule has 0 bridgehead atoms. The fourth-order valence-electron chi connectivity index (χ4n) is 4.16. The molecule has 39 heavy (non-hydrogen) atoms. The molecule has 1 saturated carbocycles. The molecule has 12 nitrogen and oxygen atoms in total. The molecule has 3 N–H and O–H groups in total. The van der Waals surface area contributed by atoms with Crippen LogP contribution >= 0.6 is 0 Å². The summed E-state index contributed by atoms with van der Waals surface area (Å²) in [5.74, 6) is -2.45. The van der Waals surface area contributed by atoms with Crippen LogP contribution in [-0.2, 0) is 25.0 Å². The van der Waals surface area contributed by atoms with E-state index in [1.807, 2.05) is 0 Å². The van der Waals surface area contributed by atoms with Gasteiger partial charge in [-0.15, -0.1) is 0 Å². The van der Waals surface area contributed by atoms with Crippen molar-refractivity contribution in [3.05, 3.63) is 94.0 Å². The number of rotatable bonds is 10. The zero-order valence-corrected chi connectivity index (χ0v) is 21.1. The normalized spacial score (nSPS) is 13.9. The first-order valence-electron chi connectivity index (χ1n) is 11.7. The van der Waals surface area contributed by atoms with Crippen molar-refractivity contribution in [3.63, 3.8) is 0 Å². The summed E-state index contributed by atoms with van der Waals surface area (Å²) in [6.45, 7) is -0.633. The number of hydrogen-bond acceptors (Lipinski definition) is 8. The monoisotopic (exact) mass is 553 g/mol. The molecule has 0 atom stereocenters. The molecule has 202 valence electrons. The van der Waals surface area contributed by atoms with E-state index in [4.69, 9.17) is 9.84 Å². The molecule has 0 aromatic heterocycles. The lowest BCUT2D eigenvalue weighted by atomic mass is 9.64. The van der Waals surface area contributed by atoms with Crippen LogP contribution in [0.3, 0.4) is 0 Å². The van der Waals surface area contributed by atoms with Crippen molar-refractivity contribution in [2.24, 2.45) is 0 Å².